The van der Waals surface area contributed by atoms with Crippen molar-refractivity contribution in [3.8, 4) is 5.88 Å². The van der Waals surface area contributed by atoms with E-state index in [4.69, 9.17) is 4.74 Å². The lowest BCUT2D eigenvalue weighted by Gasteiger charge is -2.11. The summed E-state index contributed by atoms with van der Waals surface area (Å²) < 4.78 is 12.9. The molecule has 0 bridgehead atoms. The number of hydrogen-bond acceptors (Lipinski definition) is 7. The molecular formula is C11H18N4O3S. The summed E-state index contributed by atoms with van der Waals surface area (Å²) in [5, 5.41) is 15.6. The number of carbonyl (C=O) groups is 1. The number of nitrogens with zero attached hydrogens (tertiary/aromatic N) is 2. The lowest BCUT2D eigenvalue weighted by Crippen LogP contribution is -2.34. The van der Waals surface area contributed by atoms with Gasteiger partial charge in [0.25, 0.3) is 0 Å². The molecule has 1 aliphatic rings. The predicted octanol–water partition coefficient (Wildman–Crippen LogP) is -0.464. The first-order chi connectivity index (χ1) is 9.24. The molecule has 1 aliphatic carbocycles. The molecule has 0 saturated heterocycles. The van der Waals surface area contributed by atoms with E-state index in [-0.39, 0.29) is 12.5 Å². The van der Waals surface area contributed by atoms with Crippen LogP contribution in [0.15, 0.2) is 6.20 Å². The van der Waals surface area contributed by atoms with Crippen LogP contribution in [0.2, 0.25) is 0 Å². The molecule has 0 spiro atoms. The molecule has 0 aromatic carbocycles. The minimum absolute atomic E-state index is 0.0642. The Kier molecular flexibility index (Phi) is 5.49. The van der Waals surface area contributed by atoms with Gasteiger partial charge in [0.15, 0.2) is 0 Å². The van der Waals surface area contributed by atoms with Gasteiger partial charge >= 0.3 is 0 Å². The third-order valence-electron chi connectivity index (χ3n) is 2.62. The van der Waals surface area contributed by atoms with Gasteiger partial charge in [0, 0.05) is 25.6 Å². The Balaban J connectivity index is 1.46. The summed E-state index contributed by atoms with van der Waals surface area (Å²) in [4.78, 5) is 11.4. The average molecular weight is 286 g/mol. The molecule has 1 aromatic heterocycles. The quantitative estimate of drug-likeness (QED) is 0.531. The van der Waals surface area contributed by atoms with Crippen molar-refractivity contribution in [2.45, 2.75) is 31.4 Å². The summed E-state index contributed by atoms with van der Waals surface area (Å²) in [5.41, 5.74) is 0. The molecule has 8 heteroatoms. The van der Waals surface area contributed by atoms with E-state index in [0.29, 0.717) is 31.4 Å². The van der Waals surface area contributed by atoms with Gasteiger partial charge in [-0.15, -0.1) is 4.37 Å². The number of aliphatic hydroxyl groups is 1. The second-order valence-corrected chi connectivity index (χ2v) is 5.06. The number of rotatable bonds is 9. The third-order valence-corrected chi connectivity index (χ3v) is 3.08. The summed E-state index contributed by atoms with van der Waals surface area (Å²) in [6.07, 6.45) is 3.50. The van der Waals surface area contributed by atoms with E-state index in [1.165, 1.54) is 6.20 Å². The van der Waals surface area contributed by atoms with E-state index in [1.54, 1.807) is 0 Å². The second kappa shape index (κ2) is 7.37. The fourth-order valence-corrected chi connectivity index (χ4v) is 1.82. The van der Waals surface area contributed by atoms with Crippen LogP contribution in [0.4, 0.5) is 0 Å². The van der Waals surface area contributed by atoms with E-state index in [2.05, 4.69) is 19.4 Å². The molecular weight excluding hydrogens is 268 g/mol. The highest BCUT2D eigenvalue weighted by Crippen LogP contribution is 2.18. The van der Waals surface area contributed by atoms with Crippen LogP contribution in [0.1, 0.15) is 19.3 Å². The van der Waals surface area contributed by atoms with Crippen molar-refractivity contribution in [1.29, 1.82) is 0 Å². The third kappa shape index (κ3) is 5.95. The first-order valence-corrected chi connectivity index (χ1v) is 7.05. The molecule has 0 radical (unpaired) electrons. The monoisotopic (exact) mass is 286 g/mol. The number of carbonyl (C=O) groups excluding carboxylic acids is 1. The highest BCUT2D eigenvalue weighted by Gasteiger charge is 2.22. The first kappa shape index (κ1) is 14.2. The number of ether oxygens (including phenoxy) is 1. The summed E-state index contributed by atoms with van der Waals surface area (Å²) in [5.74, 6) is 0.488. The van der Waals surface area contributed by atoms with Crippen LogP contribution < -0.4 is 15.4 Å². The molecule has 19 heavy (non-hydrogen) atoms. The Hall–Kier alpha value is -1.25. The van der Waals surface area contributed by atoms with Crippen LogP contribution in [0, 0.1) is 0 Å². The minimum atomic E-state index is -0.631. The number of aromatic nitrogens is 2. The van der Waals surface area contributed by atoms with Crippen molar-refractivity contribution < 1.29 is 14.6 Å². The van der Waals surface area contributed by atoms with E-state index >= 15 is 0 Å². The van der Waals surface area contributed by atoms with Crippen molar-refractivity contribution in [2.24, 2.45) is 0 Å². The molecule has 1 atom stereocenters. The molecule has 3 N–H and O–H groups in total. The molecule has 1 saturated carbocycles. The van der Waals surface area contributed by atoms with Crippen molar-refractivity contribution in [3.63, 3.8) is 0 Å². The molecule has 106 valence electrons. The second-order valence-electron chi connectivity index (χ2n) is 4.51. The van der Waals surface area contributed by atoms with Crippen LogP contribution in [-0.4, -0.2) is 51.6 Å². The van der Waals surface area contributed by atoms with Crippen molar-refractivity contribution in [3.05, 3.63) is 6.20 Å². The highest BCUT2D eigenvalue weighted by atomic mass is 32.1. The van der Waals surface area contributed by atoms with Gasteiger partial charge in [-0.2, -0.15) is 4.37 Å². The zero-order chi connectivity index (χ0) is 13.5. The topological polar surface area (TPSA) is 96.4 Å². The lowest BCUT2D eigenvalue weighted by molar-refractivity contribution is -0.121. The first-order valence-electron chi connectivity index (χ1n) is 6.32. The normalized spacial score (nSPS) is 16.1. The zero-order valence-electron chi connectivity index (χ0n) is 10.5. The molecule has 1 aromatic rings. The van der Waals surface area contributed by atoms with Crippen LogP contribution >= 0.6 is 11.7 Å². The van der Waals surface area contributed by atoms with E-state index in [1.807, 2.05) is 0 Å². The Bertz CT molecular complexity index is 383. The van der Waals surface area contributed by atoms with Crippen molar-refractivity contribution in [1.82, 2.24) is 19.4 Å². The molecule has 1 amide bonds. The summed E-state index contributed by atoms with van der Waals surface area (Å²) in [7, 11) is 0. The number of amides is 1. The Morgan fingerprint density at radius 3 is 3.16 bits per heavy atom. The average Bonchev–Trinajstić information content (AvgIpc) is 3.05. The standard InChI is InChI=1S/C11H18N4O3S/c16-9(7-18-11-6-13-19-15-11)5-12-4-3-10(17)14-8-1-2-8/h6,8-9,12,16H,1-5,7H2,(H,14,17). The number of hydrogen-bond donors (Lipinski definition) is 3. The summed E-state index contributed by atoms with van der Waals surface area (Å²) in [6.45, 7) is 1.09. The van der Waals surface area contributed by atoms with Gasteiger partial charge in [-0.25, -0.2) is 0 Å². The highest BCUT2D eigenvalue weighted by molar-refractivity contribution is 6.99. The smallest absolute Gasteiger partial charge is 0.245 e. The van der Waals surface area contributed by atoms with Crippen molar-refractivity contribution in [2.75, 3.05) is 19.7 Å². The van der Waals surface area contributed by atoms with Crippen molar-refractivity contribution >= 4 is 17.6 Å². The summed E-state index contributed by atoms with van der Waals surface area (Å²) in [6, 6.07) is 0.401. The molecule has 2 rings (SSSR count). The van der Waals surface area contributed by atoms with E-state index in [0.717, 1.165) is 24.6 Å². The van der Waals surface area contributed by atoms with E-state index in [9.17, 15) is 9.90 Å². The Labute approximate surface area is 115 Å². The van der Waals surface area contributed by atoms with Gasteiger partial charge in [0.1, 0.15) is 18.9 Å². The SMILES string of the molecule is O=C(CCNCC(O)COc1cnsn1)NC1CC1. The number of aliphatic hydroxyl groups excluding tert-OH is 1. The maximum Gasteiger partial charge on any atom is 0.245 e. The molecule has 1 unspecified atom stereocenters. The fourth-order valence-electron chi connectivity index (χ4n) is 1.46. The van der Waals surface area contributed by atoms with Crippen LogP contribution in [0.25, 0.3) is 0 Å². The minimum Gasteiger partial charge on any atom is -0.473 e. The van der Waals surface area contributed by atoms with Crippen LogP contribution in [0.5, 0.6) is 5.88 Å². The predicted molar refractivity (Wildman–Crippen MR) is 70.1 cm³/mol. The van der Waals surface area contributed by atoms with Crippen LogP contribution in [-0.2, 0) is 4.79 Å². The van der Waals surface area contributed by atoms with E-state index < -0.39 is 6.10 Å². The lowest BCUT2D eigenvalue weighted by atomic mass is 10.3. The van der Waals surface area contributed by atoms with Gasteiger partial charge in [-0.1, -0.05) is 0 Å². The van der Waals surface area contributed by atoms with Gasteiger partial charge in [0.2, 0.25) is 11.8 Å². The van der Waals surface area contributed by atoms with Crippen LogP contribution in [0.3, 0.4) is 0 Å². The Morgan fingerprint density at radius 2 is 2.47 bits per heavy atom. The maximum atomic E-state index is 11.4. The zero-order valence-corrected chi connectivity index (χ0v) is 11.4. The van der Waals surface area contributed by atoms with Gasteiger partial charge in [-0.05, 0) is 12.8 Å². The molecule has 0 aliphatic heterocycles. The van der Waals surface area contributed by atoms with Gasteiger partial charge < -0.3 is 20.5 Å². The van der Waals surface area contributed by atoms with Gasteiger partial charge in [-0.3, -0.25) is 4.79 Å². The molecule has 1 fully saturated rings. The number of nitrogens with one attached hydrogen (secondary N) is 2. The molecule has 1 heterocycles. The maximum absolute atomic E-state index is 11.4. The largest absolute Gasteiger partial charge is 0.473 e. The molecule has 7 nitrogen and oxygen atoms in total. The van der Waals surface area contributed by atoms with Gasteiger partial charge in [0.05, 0.1) is 11.7 Å². The summed E-state index contributed by atoms with van der Waals surface area (Å²) >= 11 is 1.06. The Morgan fingerprint density at radius 1 is 1.63 bits per heavy atom. The fraction of sp³-hybridized carbons (Fsp3) is 0.727.